The summed E-state index contributed by atoms with van der Waals surface area (Å²) in [4.78, 5) is 24.0. The molecule has 6 nitrogen and oxygen atoms in total. The molecule has 0 aliphatic rings. The van der Waals surface area contributed by atoms with Crippen LogP contribution < -0.4 is 14.9 Å². The number of hydrogen-bond donors (Lipinski definition) is 2. The van der Waals surface area contributed by atoms with Gasteiger partial charge in [-0.05, 0) is 47.5 Å². The lowest BCUT2D eigenvalue weighted by Crippen LogP contribution is -2.15. The van der Waals surface area contributed by atoms with Gasteiger partial charge >= 0.3 is 4.87 Å². The van der Waals surface area contributed by atoms with Gasteiger partial charge < -0.3 is 15.2 Å². The van der Waals surface area contributed by atoms with Gasteiger partial charge in [0.2, 0.25) is 11.8 Å². The molecule has 0 saturated heterocycles. The van der Waals surface area contributed by atoms with Gasteiger partial charge in [-0.2, -0.15) is 0 Å². The number of aromatic hydroxyl groups is 1. The van der Waals surface area contributed by atoms with Gasteiger partial charge in [0.25, 0.3) is 0 Å². The smallest absolute Gasteiger partial charge is 0.310 e. The predicted octanol–water partition coefficient (Wildman–Crippen LogP) is 4.64. The van der Waals surface area contributed by atoms with Crippen LogP contribution in [0.3, 0.4) is 0 Å². The zero-order valence-electron chi connectivity index (χ0n) is 16.5. The molecule has 1 aromatic heterocycles. The zero-order valence-corrected chi connectivity index (χ0v) is 17.3. The molecular formula is C24H20N2O4S. The molecule has 1 amide bonds. The van der Waals surface area contributed by atoms with Crippen molar-refractivity contribution in [2.45, 2.75) is 13.0 Å². The van der Waals surface area contributed by atoms with Crippen LogP contribution in [-0.4, -0.2) is 15.6 Å². The number of carbonyl (C=O) groups is 1. The summed E-state index contributed by atoms with van der Waals surface area (Å²) >= 11 is 0.955. The van der Waals surface area contributed by atoms with Crippen LogP contribution in [0.4, 0.5) is 5.69 Å². The van der Waals surface area contributed by atoms with E-state index in [0.29, 0.717) is 11.4 Å². The van der Waals surface area contributed by atoms with E-state index in [4.69, 9.17) is 4.74 Å². The summed E-state index contributed by atoms with van der Waals surface area (Å²) in [6.07, 6.45) is 0.214. The van der Waals surface area contributed by atoms with Crippen molar-refractivity contribution < 1.29 is 14.6 Å². The van der Waals surface area contributed by atoms with Crippen molar-refractivity contribution in [2.24, 2.45) is 0 Å². The highest BCUT2D eigenvalue weighted by Crippen LogP contribution is 2.22. The van der Waals surface area contributed by atoms with Crippen molar-refractivity contribution in [3.63, 3.8) is 0 Å². The number of hydrogen-bond acceptors (Lipinski definition) is 5. The molecule has 1 heterocycles. The first-order valence-corrected chi connectivity index (χ1v) is 10.5. The van der Waals surface area contributed by atoms with Crippen LogP contribution in [0.25, 0.3) is 0 Å². The minimum absolute atomic E-state index is 0.0501. The van der Waals surface area contributed by atoms with Crippen molar-refractivity contribution in [1.29, 1.82) is 0 Å². The number of aromatic nitrogens is 1. The summed E-state index contributed by atoms with van der Waals surface area (Å²) < 4.78 is 7.11. The van der Waals surface area contributed by atoms with Gasteiger partial charge in [0.15, 0.2) is 0 Å². The number of nitrogens with one attached hydrogen (secondary N) is 1. The number of thiazole rings is 1. The fraction of sp³-hybridized carbons (Fsp3) is 0.0833. The number of para-hydroxylation sites is 1. The fourth-order valence-corrected chi connectivity index (χ4v) is 3.70. The second-order valence-corrected chi connectivity index (χ2v) is 7.75. The van der Waals surface area contributed by atoms with Crippen molar-refractivity contribution in [1.82, 2.24) is 4.57 Å². The fourth-order valence-electron chi connectivity index (χ4n) is 3.08. The Morgan fingerprint density at radius 1 is 0.935 bits per heavy atom. The topological polar surface area (TPSA) is 80.6 Å². The van der Waals surface area contributed by atoms with Gasteiger partial charge in [0.05, 0.1) is 18.3 Å². The van der Waals surface area contributed by atoms with E-state index in [1.807, 2.05) is 66.7 Å². The quantitative estimate of drug-likeness (QED) is 0.446. The molecule has 4 rings (SSSR count). The molecule has 0 fully saturated rings. The Hall–Kier alpha value is -3.84. The molecule has 0 atom stereocenters. The molecule has 7 heteroatoms. The summed E-state index contributed by atoms with van der Waals surface area (Å²) in [5.74, 6) is 1.22. The van der Waals surface area contributed by atoms with Crippen LogP contribution in [0, 0.1) is 0 Å². The van der Waals surface area contributed by atoms with E-state index >= 15 is 0 Å². The van der Waals surface area contributed by atoms with E-state index < -0.39 is 0 Å². The number of benzene rings is 3. The van der Waals surface area contributed by atoms with Crippen LogP contribution in [0.15, 0.2) is 89.0 Å². The first-order chi connectivity index (χ1) is 15.1. The van der Waals surface area contributed by atoms with Crippen LogP contribution in [-0.2, 0) is 17.8 Å². The molecule has 0 aliphatic carbocycles. The molecule has 0 unspecified atom stereocenters. The molecule has 2 N–H and O–H groups in total. The van der Waals surface area contributed by atoms with Crippen LogP contribution in [0.5, 0.6) is 17.4 Å². The average Bonchev–Trinajstić information content (AvgIpc) is 3.08. The molecule has 0 bridgehead atoms. The van der Waals surface area contributed by atoms with Gasteiger partial charge in [-0.25, -0.2) is 0 Å². The van der Waals surface area contributed by atoms with E-state index in [0.717, 1.165) is 28.2 Å². The Kier molecular flexibility index (Phi) is 6.14. The Balaban J connectivity index is 1.35. The molecule has 156 valence electrons. The first kappa shape index (κ1) is 20.4. The van der Waals surface area contributed by atoms with E-state index in [1.165, 1.54) is 9.95 Å². The van der Waals surface area contributed by atoms with Crippen molar-refractivity contribution in [3.05, 3.63) is 105 Å². The molecule has 4 aromatic rings. The van der Waals surface area contributed by atoms with E-state index in [9.17, 15) is 14.7 Å². The zero-order chi connectivity index (χ0) is 21.6. The van der Waals surface area contributed by atoms with Crippen LogP contribution in [0.1, 0.15) is 11.1 Å². The largest absolute Gasteiger partial charge is 0.494 e. The number of amides is 1. The van der Waals surface area contributed by atoms with E-state index in [1.54, 1.807) is 12.1 Å². The number of nitrogens with zero attached hydrogens (tertiary/aromatic N) is 1. The Morgan fingerprint density at radius 3 is 2.39 bits per heavy atom. The van der Waals surface area contributed by atoms with Crippen molar-refractivity contribution in [3.8, 4) is 17.4 Å². The van der Waals surface area contributed by atoms with Gasteiger partial charge in [0.1, 0.15) is 11.5 Å². The Morgan fingerprint density at radius 2 is 1.68 bits per heavy atom. The molecule has 0 radical (unpaired) electrons. The number of rotatable bonds is 7. The van der Waals surface area contributed by atoms with Crippen LogP contribution in [0.2, 0.25) is 0 Å². The standard InChI is InChI=1S/C24H20N2O4S/c27-22(14-18-5-4-8-21(13-18)30-20-6-2-1-3-7-20)25-19-11-9-17(10-12-19)15-26-23(28)16-31-24(26)29/h1-13,16,28H,14-15H2,(H,25,27). The maximum atomic E-state index is 12.5. The maximum absolute atomic E-state index is 12.5. The Labute approximate surface area is 183 Å². The van der Waals surface area contributed by atoms with Crippen molar-refractivity contribution >= 4 is 22.9 Å². The molecule has 3 aromatic carbocycles. The predicted molar refractivity (Wildman–Crippen MR) is 121 cm³/mol. The normalized spacial score (nSPS) is 10.6. The first-order valence-electron chi connectivity index (χ1n) is 9.65. The number of ether oxygens (including phenoxy) is 1. The van der Waals surface area contributed by atoms with Gasteiger partial charge in [-0.3, -0.25) is 14.2 Å². The maximum Gasteiger partial charge on any atom is 0.310 e. The second-order valence-electron chi connectivity index (χ2n) is 6.93. The monoisotopic (exact) mass is 432 g/mol. The summed E-state index contributed by atoms with van der Waals surface area (Å²) in [6.45, 7) is 0.274. The highest BCUT2D eigenvalue weighted by Gasteiger charge is 2.08. The summed E-state index contributed by atoms with van der Waals surface area (Å²) in [5, 5.41) is 14.0. The van der Waals surface area contributed by atoms with Crippen molar-refractivity contribution in [2.75, 3.05) is 5.32 Å². The lowest BCUT2D eigenvalue weighted by Gasteiger charge is -2.09. The average molecular weight is 433 g/mol. The number of carbonyl (C=O) groups excluding carboxylic acids is 1. The molecule has 0 saturated carbocycles. The third-order valence-corrected chi connectivity index (χ3v) is 5.33. The minimum Gasteiger partial charge on any atom is -0.494 e. The third-order valence-electron chi connectivity index (χ3n) is 4.58. The highest BCUT2D eigenvalue weighted by atomic mass is 32.1. The molecular weight excluding hydrogens is 412 g/mol. The third kappa shape index (κ3) is 5.40. The summed E-state index contributed by atoms with van der Waals surface area (Å²) in [6, 6.07) is 24.1. The number of anilines is 1. The second kappa shape index (κ2) is 9.32. The van der Waals surface area contributed by atoms with Gasteiger partial charge in [-0.1, -0.05) is 53.8 Å². The summed E-state index contributed by atoms with van der Waals surface area (Å²) in [5.41, 5.74) is 2.35. The van der Waals surface area contributed by atoms with Gasteiger partial charge in [0, 0.05) is 5.69 Å². The molecule has 0 spiro atoms. The van der Waals surface area contributed by atoms with E-state index in [2.05, 4.69) is 5.32 Å². The molecule has 31 heavy (non-hydrogen) atoms. The molecule has 0 aliphatic heterocycles. The lowest BCUT2D eigenvalue weighted by molar-refractivity contribution is -0.115. The van der Waals surface area contributed by atoms with E-state index in [-0.39, 0.29) is 29.6 Å². The lowest BCUT2D eigenvalue weighted by atomic mass is 10.1. The van der Waals surface area contributed by atoms with Gasteiger partial charge in [-0.15, -0.1) is 0 Å². The minimum atomic E-state index is -0.214. The van der Waals surface area contributed by atoms with Crippen LogP contribution >= 0.6 is 11.3 Å². The Bertz CT molecular complexity index is 1230. The SMILES string of the molecule is O=C(Cc1cccc(Oc2ccccc2)c1)Nc1ccc(Cn2c(O)csc2=O)cc1. The summed E-state index contributed by atoms with van der Waals surface area (Å²) in [7, 11) is 0. The highest BCUT2D eigenvalue weighted by molar-refractivity contribution is 7.07.